The standard InChI is InChI=1S/C22H31IN/c1-5-22(24(3)4)10-9-18(2)15-20-7-6-8-21(17-20)16-19-11-13-23-14-12-19/h5,9-11,13,15-18H,6-8,12,14H2,1-4H3/q-1/b10-9-,19-16-,20-15+,22-5+. The van der Waals surface area contributed by atoms with Crippen molar-refractivity contribution in [2.75, 3.05) is 18.5 Å². The van der Waals surface area contributed by atoms with Crippen LogP contribution >= 0.6 is 0 Å². The van der Waals surface area contributed by atoms with E-state index in [4.69, 9.17) is 0 Å². The van der Waals surface area contributed by atoms with Crippen LogP contribution in [0.1, 0.15) is 39.5 Å². The quantitative estimate of drug-likeness (QED) is 0.364. The molecule has 132 valence electrons. The summed E-state index contributed by atoms with van der Waals surface area (Å²) in [5, 5.41) is 0. The molecule has 0 aromatic rings. The van der Waals surface area contributed by atoms with E-state index in [1.54, 1.807) is 0 Å². The van der Waals surface area contributed by atoms with Crippen molar-refractivity contribution in [2.45, 2.75) is 39.5 Å². The Labute approximate surface area is 158 Å². The van der Waals surface area contributed by atoms with Gasteiger partial charge in [-0.15, -0.1) is 0 Å². The van der Waals surface area contributed by atoms with Gasteiger partial charge < -0.3 is 4.90 Å². The molecule has 2 rings (SSSR count). The number of alkyl halides is 1. The Balaban J connectivity index is 2.05. The van der Waals surface area contributed by atoms with E-state index in [-0.39, 0.29) is 0 Å². The van der Waals surface area contributed by atoms with E-state index in [9.17, 15) is 0 Å². The van der Waals surface area contributed by atoms with Gasteiger partial charge in [-0.25, -0.2) is 0 Å². The second kappa shape index (κ2) is 10.1. The predicted molar refractivity (Wildman–Crippen MR) is 102 cm³/mol. The van der Waals surface area contributed by atoms with Crippen molar-refractivity contribution in [3.05, 3.63) is 69.0 Å². The maximum Gasteiger partial charge on any atom is 0.00610 e. The molecule has 2 heteroatoms. The fourth-order valence-corrected chi connectivity index (χ4v) is 5.08. The Hall–Kier alpha value is -1.03. The minimum Gasteiger partial charge on any atom is -0.378 e. The van der Waals surface area contributed by atoms with Crippen molar-refractivity contribution < 1.29 is 21.2 Å². The Morgan fingerprint density at radius 1 is 1.21 bits per heavy atom. The zero-order valence-electron chi connectivity index (χ0n) is 15.6. The normalized spacial score (nSPS) is 24.2. The summed E-state index contributed by atoms with van der Waals surface area (Å²) in [5.41, 5.74) is 5.82. The van der Waals surface area contributed by atoms with Crippen LogP contribution in [-0.4, -0.2) is 23.4 Å². The average Bonchev–Trinajstić information content (AvgIpc) is 2.56. The van der Waals surface area contributed by atoms with Crippen LogP contribution in [0.3, 0.4) is 0 Å². The van der Waals surface area contributed by atoms with E-state index in [1.165, 1.54) is 52.5 Å². The topological polar surface area (TPSA) is 3.24 Å². The van der Waals surface area contributed by atoms with Crippen molar-refractivity contribution in [1.82, 2.24) is 4.90 Å². The SMILES string of the molecule is C/C=C(\C=C/C(C)/C=C1C=C(/C=C2/C=C[I-]CC2)CCC/1)N(C)C. The van der Waals surface area contributed by atoms with Gasteiger partial charge in [0.2, 0.25) is 0 Å². The number of likely N-dealkylation sites (N-methyl/N-ethyl adjacent to an activating group) is 1. The van der Waals surface area contributed by atoms with Gasteiger partial charge in [-0.05, 0) is 6.92 Å². The van der Waals surface area contributed by atoms with Crippen molar-refractivity contribution in [2.24, 2.45) is 5.92 Å². The summed E-state index contributed by atoms with van der Waals surface area (Å²) in [6.07, 6.45) is 21.4. The fourth-order valence-electron chi connectivity index (χ4n) is 3.07. The summed E-state index contributed by atoms with van der Waals surface area (Å²) >= 11 is 0.357. The van der Waals surface area contributed by atoms with Crippen molar-refractivity contribution in [3.63, 3.8) is 0 Å². The molecule has 0 aromatic carbocycles. The van der Waals surface area contributed by atoms with Gasteiger partial charge >= 0.3 is 127 Å². The summed E-state index contributed by atoms with van der Waals surface area (Å²) in [7, 11) is 4.18. The van der Waals surface area contributed by atoms with Crippen LogP contribution in [0.2, 0.25) is 0 Å². The molecule has 0 N–H and O–H groups in total. The number of hydrogen-bond donors (Lipinski definition) is 0. The zero-order chi connectivity index (χ0) is 17.4. The smallest absolute Gasteiger partial charge is 0.00610 e. The molecule has 0 amide bonds. The molecule has 1 atom stereocenters. The van der Waals surface area contributed by atoms with E-state index < -0.39 is 0 Å². The fraction of sp³-hybridized carbons (Fsp3) is 0.455. The van der Waals surface area contributed by atoms with E-state index >= 15 is 0 Å². The van der Waals surface area contributed by atoms with Crippen LogP contribution < -0.4 is 21.2 Å². The number of rotatable bonds is 5. The van der Waals surface area contributed by atoms with Gasteiger partial charge in [0.05, 0.1) is 0 Å². The van der Waals surface area contributed by atoms with Gasteiger partial charge in [-0.1, -0.05) is 6.08 Å². The molecule has 1 aliphatic heterocycles. The van der Waals surface area contributed by atoms with E-state index in [2.05, 4.69) is 79.5 Å². The van der Waals surface area contributed by atoms with E-state index in [0.717, 1.165) is 0 Å². The monoisotopic (exact) mass is 436 g/mol. The predicted octanol–water partition coefficient (Wildman–Crippen LogP) is 2.61. The van der Waals surface area contributed by atoms with Crippen molar-refractivity contribution >= 4 is 0 Å². The molecule has 24 heavy (non-hydrogen) atoms. The molecule has 0 radical (unpaired) electrons. The number of halogens is 1. The van der Waals surface area contributed by atoms with Gasteiger partial charge in [0.1, 0.15) is 0 Å². The second-order valence-electron chi connectivity index (χ2n) is 6.75. The molecular weight excluding hydrogens is 405 g/mol. The Bertz CT molecular complexity index is 599. The summed E-state index contributed by atoms with van der Waals surface area (Å²) in [5.74, 6) is 0.470. The summed E-state index contributed by atoms with van der Waals surface area (Å²) in [6, 6.07) is 0. The molecule has 1 aliphatic carbocycles. The van der Waals surface area contributed by atoms with E-state index in [0.29, 0.717) is 27.1 Å². The molecule has 0 bridgehead atoms. The molecule has 1 heterocycles. The van der Waals surface area contributed by atoms with Crippen LogP contribution in [0.5, 0.6) is 0 Å². The van der Waals surface area contributed by atoms with Gasteiger partial charge in [0.25, 0.3) is 0 Å². The van der Waals surface area contributed by atoms with Crippen molar-refractivity contribution in [1.29, 1.82) is 0 Å². The van der Waals surface area contributed by atoms with Crippen LogP contribution in [0.15, 0.2) is 69.0 Å². The van der Waals surface area contributed by atoms with Gasteiger partial charge in [0.15, 0.2) is 0 Å². The van der Waals surface area contributed by atoms with Crippen molar-refractivity contribution in [3.8, 4) is 0 Å². The minimum absolute atomic E-state index is 0.357. The number of nitrogens with zero attached hydrogens (tertiary/aromatic N) is 1. The van der Waals surface area contributed by atoms with Crippen LogP contribution in [0, 0.1) is 5.92 Å². The van der Waals surface area contributed by atoms with Crippen LogP contribution in [0.25, 0.3) is 0 Å². The third-order valence-corrected chi connectivity index (χ3v) is 6.42. The summed E-state index contributed by atoms with van der Waals surface area (Å²) in [4.78, 5) is 2.15. The molecule has 1 nitrogen and oxygen atoms in total. The number of allylic oxidation sites excluding steroid dienone is 10. The molecule has 0 saturated heterocycles. The first-order valence-electron chi connectivity index (χ1n) is 8.96. The van der Waals surface area contributed by atoms with Gasteiger partial charge in [0, 0.05) is 14.1 Å². The van der Waals surface area contributed by atoms with Gasteiger partial charge in [-0.2, -0.15) is 0 Å². The Kier molecular flexibility index (Phi) is 8.10. The third kappa shape index (κ3) is 6.46. The van der Waals surface area contributed by atoms with Crippen LogP contribution in [0.4, 0.5) is 0 Å². The van der Waals surface area contributed by atoms with Crippen LogP contribution in [-0.2, 0) is 0 Å². The number of hydrogen-bond acceptors (Lipinski definition) is 1. The molecule has 1 unspecified atom stereocenters. The first kappa shape index (κ1) is 19.3. The molecule has 0 saturated carbocycles. The molecular formula is C22H31IN-. The maximum atomic E-state index is 2.44. The largest absolute Gasteiger partial charge is 0.378 e. The second-order valence-corrected chi connectivity index (χ2v) is 9.42. The third-order valence-electron chi connectivity index (χ3n) is 4.39. The summed E-state index contributed by atoms with van der Waals surface area (Å²) in [6.45, 7) is 4.37. The minimum atomic E-state index is 0.357. The summed E-state index contributed by atoms with van der Waals surface area (Å²) < 4.78 is 3.84. The maximum absolute atomic E-state index is 2.44. The molecule has 0 fully saturated rings. The Morgan fingerprint density at radius 3 is 2.71 bits per heavy atom. The van der Waals surface area contributed by atoms with E-state index in [1.807, 2.05) is 0 Å². The average molecular weight is 436 g/mol. The Morgan fingerprint density at radius 2 is 2.04 bits per heavy atom. The zero-order valence-corrected chi connectivity index (χ0v) is 17.7. The van der Waals surface area contributed by atoms with Gasteiger partial charge in [-0.3, -0.25) is 0 Å². The molecule has 2 aliphatic rings. The first-order valence-corrected chi connectivity index (χ1v) is 11.7. The molecule has 0 spiro atoms. The molecule has 0 aromatic heterocycles. The first-order chi connectivity index (χ1) is 11.6.